The molecule has 0 fully saturated rings. The fraction of sp³-hybridized carbons (Fsp3) is 0.333. The molecule has 1 heterocycles. The highest BCUT2D eigenvalue weighted by atomic mass is 16.5. The van der Waals surface area contributed by atoms with Crippen molar-refractivity contribution in [1.82, 2.24) is 5.32 Å². The van der Waals surface area contributed by atoms with Crippen LogP contribution in [-0.4, -0.2) is 11.7 Å². The molecule has 1 aliphatic heterocycles. The van der Waals surface area contributed by atoms with Crippen LogP contribution in [0.5, 0.6) is 11.5 Å². The molecule has 110 valence electrons. The molecule has 2 unspecified atom stereocenters. The number of hydrogen-bond acceptors (Lipinski definition) is 3. The summed E-state index contributed by atoms with van der Waals surface area (Å²) in [6.07, 6.45) is 1.06. The second kappa shape index (κ2) is 5.78. The second-order valence-corrected chi connectivity index (χ2v) is 5.57. The molecule has 1 aliphatic rings. The third-order valence-electron chi connectivity index (χ3n) is 4.12. The molecule has 0 saturated carbocycles. The van der Waals surface area contributed by atoms with Crippen LogP contribution in [0.3, 0.4) is 0 Å². The molecule has 2 aromatic carbocycles. The molecule has 3 rings (SSSR count). The molecule has 3 heteroatoms. The number of fused-ring (bicyclic) bond motifs is 1. The van der Waals surface area contributed by atoms with Crippen molar-refractivity contribution in [1.29, 1.82) is 0 Å². The molecule has 0 aliphatic carbocycles. The van der Waals surface area contributed by atoms with Crippen LogP contribution in [0.2, 0.25) is 0 Å². The zero-order valence-corrected chi connectivity index (χ0v) is 12.5. The predicted molar refractivity (Wildman–Crippen MR) is 83.7 cm³/mol. The van der Waals surface area contributed by atoms with Crippen molar-refractivity contribution < 1.29 is 9.84 Å². The second-order valence-electron chi connectivity index (χ2n) is 5.57. The number of aryl methyl sites for hydroxylation is 1. The van der Waals surface area contributed by atoms with E-state index in [4.69, 9.17) is 4.74 Å². The highest BCUT2D eigenvalue weighted by Crippen LogP contribution is 2.36. The van der Waals surface area contributed by atoms with Crippen molar-refractivity contribution in [3.63, 3.8) is 0 Å². The Morgan fingerprint density at radius 1 is 1.24 bits per heavy atom. The van der Waals surface area contributed by atoms with Crippen molar-refractivity contribution in [3.05, 3.63) is 59.2 Å². The molecule has 2 aromatic rings. The minimum Gasteiger partial charge on any atom is -0.508 e. The van der Waals surface area contributed by atoms with Crippen molar-refractivity contribution in [2.45, 2.75) is 32.4 Å². The molecule has 2 atom stereocenters. The van der Waals surface area contributed by atoms with E-state index in [0.29, 0.717) is 6.61 Å². The van der Waals surface area contributed by atoms with Gasteiger partial charge in [-0.1, -0.05) is 31.2 Å². The Hall–Kier alpha value is -2.00. The quantitative estimate of drug-likeness (QED) is 0.898. The maximum atomic E-state index is 9.49. The number of ether oxygens (including phenoxy) is 1. The summed E-state index contributed by atoms with van der Waals surface area (Å²) in [5, 5.41) is 13.1. The monoisotopic (exact) mass is 283 g/mol. The number of hydrogen-bond donors (Lipinski definition) is 2. The van der Waals surface area contributed by atoms with E-state index in [-0.39, 0.29) is 17.8 Å². The molecule has 21 heavy (non-hydrogen) atoms. The summed E-state index contributed by atoms with van der Waals surface area (Å²) >= 11 is 0. The van der Waals surface area contributed by atoms with Crippen molar-refractivity contribution in [2.75, 3.05) is 6.61 Å². The van der Waals surface area contributed by atoms with Crippen LogP contribution >= 0.6 is 0 Å². The zero-order chi connectivity index (χ0) is 14.8. The van der Waals surface area contributed by atoms with Crippen molar-refractivity contribution in [2.24, 2.45) is 0 Å². The number of phenolic OH excluding ortho intramolecular Hbond substituents is 1. The van der Waals surface area contributed by atoms with Crippen molar-refractivity contribution in [3.8, 4) is 11.5 Å². The van der Waals surface area contributed by atoms with Crippen molar-refractivity contribution >= 4 is 0 Å². The van der Waals surface area contributed by atoms with Crippen LogP contribution in [0.25, 0.3) is 0 Å². The lowest BCUT2D eigenvalue weighted by Crippen LogP contribution is -2.25. The van der Waals surface area contributed by atoms with Crippen LogP contribution < -0.4 is 10.1 Å². The summed E-state index contributed by atoms with van der Waals surface area (Å²) in [5.41, 5.74) is 3.75. The van der Waals surface area contributed by atoms with Gasteiger partial charge in [0.05, 0.1) is 6.04 Å². The number of nitrogens with one attached hydrogen (secondary N) is 1. The van der Waals surface area contributed by atoms with Crippen LogP contribution in [0.4, 0.5) is 0 Å². The topological polar surface area (TPSA) is 41.5 Å². The standard InChI is InChI=1S/C18H21NO2/c1-3-13-4-6-14(7-5-13)12(2)19-17-11-21-18-10-15(20)8-9-16(17)18/h4-10,12,17,19-20H,3,11H2,1-2H3. The molecule has 0 spiro atoms. The van der Waals surface area contributed by atoms with Gasteiger partial charge in [0.2, 0.25) is 0 Å². The lowest BCUT2D eigenvalue weighted by Gasteiger charge is -2.19. The fourth-order valence-corrected chi connectivity index (χ4v) is 2.78. The summed E-state index contributed by atoms with van der Waals surface area (Å²) in [5.74, 6) is 1.03. The molecule has 0 saturated heterocycles. The smallest absolute Gasteiger partial charge is 0.127 e. The van der Waals surface area contributed by atoms with Crippen LogP contribution in [0.15, 0.2) is 42.5 Å². The first kappa shape index (κ1) is 14.0. The first-order valence-electron chi connectivity index (χ1n) is 7.48. The maximum Gasteiger partial charge on any atom is 0.127 e. The first-order valence-corrected chi connectivity index (χ1v) is 7.48. The lowest BCUT2D eigenvalue weighted by molar-refractivity contribution is 0.300. The van der Waals surface area contributed by atoms with Gasteiger partial charge in [-0.05, 0) is 36.6 Å². The van der Waals surface area contributed by atoms with Gasteiger partial charge in [-0.2, -0.15) is 0 Å². The summed E-state index contributed by atoms with van der Waals surface area (Å²) < 4.78 is 5.64. The van der Waals surface area contributed by atoms with E-state index in [9.17, 15) is 5.11 Å². The Kier molecular flexibility index (Phi) is 3.84. The average molecular weight is 283 g/mol. The lowest BCUT2D eigenvalue weighted by atomic mass is 10.0. The number of benzene rings is 2. The van der Waals surface area contributed by atoms with E-state index in [2.05, 4.69) is 43.4 Å². The van der Waals surface area contributed by atoms with Gasteiger partial charge >= 0.3 is 0 Å². The van der Waals surface area contributed by atoms with Gasteiger partial charge in [0, 0.05) is 17.7 Å². The van der Waals surface area contributed by atoms with E-state index in [1.165, 1.54) is 11.1 Å². The Morgan fingerprint density at radius 2 is 2.00 bits per heavy atom. The molecule has 2 N–H and O–H groups in total. The Morgan fingerprint density at radius 3 is 2.71 bits per heavy atom. The number of phenols is 1. The molecule has 0 radical (unpaired) electrons. The van der Waals surface area contributed by atoms with Crippen LogP contribution in [0.1, 0.15) is 42.6 Å². The average Bonchev–Trinajstić information content (AvgIpc) is 2.89. The van der Waals surface area contributed by atoms with E-state index in [0.717, 1.165) is 17.7 Å². The molecule has 0 amide bonds. The largest absolute Gasteiger partial charge is 0.508 e. The zero-order valence-electron chi connectivity index (χ0n) is 12.5. The molecule has 0 aromatic heterocycles. The SMILES string of the molecule is CCc1ccc(C(C)NC2COc3cc(O)ccc32)cc1. The van der Waals surface area contributed by atoms with E-state index < -0.39 is 0 Å². The molecular formula is C18H21NO2. The highest BCUT2D eigenvalue weighted by Gasteiger charge is 2.25. The maximum absolute atomic E-state index is 9.49. The van der Waals surface area contributed by atoms with Gasteiger partial charge in [0.25, 0.3) is 0 Å². The van der Waals surface area contributed by atoms with Gasteiger partial charge in [-0.25, -0.2) is 0 Å². The minimum atomic E-state index is 0.168. The molecule has 3 nitrogen and oxygen atoms in total. The predicted octanol–water partition coefficient (Wildman–Crippen LogP) is 3.74. The van der Waals surface area contributed by atoms with Gasteiger partial charge in [-0.15, -0.1) is 0 Å². The third-order valence-corrected chi connectivity index (χ3v) is 4.12. The van der Waals surface area contributed by atoms with E-state index in [1.54, 1.807) is 12.1 Å². The van der Waals surface area contributed by atoms with Gasteiger partial charge in [0.1, 0.15) is 18.1 Å². The van der Waals surface area contributed by atoms with Crippen LogP contribution in [0, 0.1) is 0 Å². The summed E-state index contributed by atoms with van der Waals surface area (Å²) in [7, 11) is 0. The summed E-state index contributed by atoms with van der Waals surface area (Å²) in [6, 6.07) is 14.5. The first-order chi connectivity index (χ1) is 10.2. The summed E-state index contributed by atoms with van der Waals surface area (Å²) in [4.78, 5) is 0. The normalized spacial score (nSPS) is 18.1. The van der Waals surface area contributed by atoms with Gasteiger partial charge in [-0.3, -0.25) is 0 Å². The number of rotatable bonds is 4. The third kappa shape index (κ3) is 2.88. The minimum absolute atomic E-state index is 0.168. The summed E-state index contributed by atoms with van der Waals surface area (Å²) in [6.45, 7) is 4.94. The Balaban J connectivity index is 1.72. The Bertz CT molecular complexity index is 622. The highest BCUT2D eigenvalue weighted by molar-refractivity contribution is 5.44. The Labute approximate surface area is 125 Å². The molecular weight excluding hydrogens is 262 g/mol. The van der Waals surface area contributed by atoms with E-state index >= 15 is 0 Å². The van der Waals surface area contributed by atoms with E-state index in [1.807, 2.05) is 6.07 Å². The van der Waals surface area contributed by atoms with Gasteiger partial charge < -0.3 is 15.2 Å². The number of aromatic hydroxyl groups is 1. The fourth-order valence-electron chi connectivity index (χ4n) is 2.78. The van der Waals surface area contributed by atoms with Crippen LogP contribution in [-0.2, 0) is 6.42 Å². The van der Waals surface area contributed by atoms with Gasteiger partial charge in [0.15, 0.2) is 0 Å². The molecule has 0 bridgehead atoms.